The summed E-state index contributed by atoms with van der Waals surface area (Å²) in [5.41, 5.74) is 0. The molecule has 1 atom stereocenters. The van der Waals surface area contributed by atoms with E-state index in [0.717, 1.165) is 6.04 Å². The van der Waals surface area contributed by atoms with Gasteiger partial charge in [-0.25, -0.2) is 0 Å². The van der Waals surface area contributed by atoms with Gasteiger partial charge in [-0.1, -0.05) is 110 Å². The number of unbranched alkanes of at least 4 members (excludes halogenated alkanes) is 13. The van der Waals surface area contributed by atoms with Crippen LogP contribution in [0.5, 0.6) is 0 Å². The van der Waals surface area contributed by atoms with Crippen LogP contribution in [0, 0.1) is 0 Å². The van der Waals surface area contributed by atoms with Crippen LogP contribution in [0.4, 0.5) is 0 Å². The largest absolute Gasteiger partial charge is 0.394 e. The zero-order valence-electron chi connectivity index (χ0n) is 19.2. The van der Waals surface area contributed by atoms with Gasteiger partial charge in [0.25, 0.3) is 0 Å². The lowest BCUT2D eigenvalue weighted by Crippen LogP contribution is -2.27. The average Bonchev–Trinajstić information content (AvgIpc) is 2.59. The summed E-state index contributed by atoms with van der Waals surface area (Å²) in [4.78, 5) is 2.47. The molecule has 0 spiro atoms. The summed E-state index contributed by atoms with van der Waals surface area (Å²) in [6.07, 6.45) is 24.4. The minimum atomic E-state index is -4.67. The third-order valence-electron chi connectivity index (χ3n) is 5.26. The van der Waals surface area contributed by atoms with Crippen molar-refractivity contribution in [3.8, 4) is 0 Å². The first-order valence-electron chi connectivity index (χ1n) is 11.6. The third kappa shape index (κ3) is 30.6. The van der Waals surface area contributed by atoms with Crippen LogP contribution in [0.1, 0.15) is 123 Å². The van der Waals surface area contributed by atoms with Gasteiger partial charge in [0.2, 0.25) is 0 Å². The monoisotopic (exact) mass is 423 g/mol. The highest BCUT2D eigenvalue weighted by atomic mass is 32.3. The molecule has 0 aromatic rings. The maximum absolute atomic E-state index is 8.74. The third-order valence-corrected chi connectivity index (χ3v) is 5.26. The Morgan fingerprint density at radius 1 is 0.607 bits per heavy atom. The van der Waals surface area contributed by atoms with Crippen molar-refractivity contribution in [1.29, 1.82) is 0 Å². The van der Waals surface area contributed by atoms with Gasteiger partial charge < -0.3 is 4.90 Å². The fraction of sp³-hybridized carbons (Fsp3) is 1.00. The van der Waals surface area contributed by atoms with Crippen LogP contribution in [0.15, 0.2) is 0 Å². The Bertz CT molecular complexity index is 391. The van der Waals surface area contributed by atoms with Gasteiger partial charge in [-0.15, -0.1) is 0 Å². The van der Waals surface area contributed by atoms with E-state index in [2.05, 4.69) is 32.8 Å². The van der Waals surface area contributed by atoms with E-state index in [1.165, 1.54) is 109 Å². The molecule has 0 bridgehead atoms. The first kappa shape index (κ1) is 30.0. The molecule has 1 unspecified atom stereocenters. The fourth-order valence-corrected chi connectivity index (χ4v) is 3.51. The molecule has 172 valence electrons. The van der Waals surface area contributed by atoms with Crippen molar-refractivity contribution in [3.05, 3.63) is 0 Å². The minimum Gasteiger partial charge on any atom is -0.306 e. The standard InChI is InChI=1S/C22H47N.H2O4S/c1-5-7-9-11-13-14-15-17-19-21-22(23(3)4)20-18-16-12-10-8-6-2;1-5(2,3)4/h22H,5-21H2,1-4H3;(H2,1,2,3,4). The molecule has 0 saturated carbocycles. The lowest BCUT2D eigenvalue weighted by molar-refractivity contribution is 0.251. The van der Waals surface area contributed by atoms with Crippen molar-refractivity contribution in [2.45, 2.75) is 129 Å². The molecule has 0 radical (unpaired) electrons. The molecule has 0 aromatic carbocycles. The molecule has 2 N–H and O–H groups in total. The first-order chi connectivity index (χ1) is 13.2. The predicted octanol–water partition coefficient (Wildman–Crippen LogP) is 6.94. The van der Waals surface area contributed by atoms with Crippen LogP contribution in [-0.2, 0) is 10.4 Å². The highest BCUT2D eigenvalue weighted by Crippen LogP contribution is 2.17. The molecular formula is C22H49NO4S. The number of hydrogen-bond acceptors (Lipinski definition) is 3. The smallest absolute Gasteiger partial charge is 0.306 e. The highest BCUT2D eigenvalue weighted by molar-refractivity contribution is 7.79. The Hall–Kier alpha value is -0.170. The van der Waals surface area contributed by atoms with Crippen LogP contribution in [0.3, 0.4) is 0 Å². The van der Waals surface area contributed by atoms with Gasteiger partial charge in [0.05, 0.1) is 0 Å². The second-order valence-electron chi connectivity index (χ2n) is 8.24. The summed E-state index contributed by atoms with van der Waals surface area (Å²) >= 11 is 0. The van der Waals surface area contributed by atoms with Crippen LogP contribution >= 0.6 is 0 Å². The van der Waals surface area contributed by atoms with Gasteiger partial charge >= 0.3 is 10.4 Å². The van der Waals surface area contributed by atoms with Gasteiger partial charge in [0, 0.05) is 6.04 Å². The quantitative estimate of drug-likeness (QED) is 0.184. The molecule has 6 heteroatoms. The van der Waals surface area contributed by atoms with Crippen LogP contribution in [0.2, 0.25) is 0 Å². The van der Waals surface area contributed by atoms with Crippen LogP contribution < -0.4 is 0 Å². The Kier molecular flexibility index (Phi) is 23.1. The summed E-state index contributed by atoms with van der Waals surface area (Å²) in [5.74, 6) is 0. The molecule has 0 saturated heterocycles. The summed E-state index contributed by atoms with van der Waals surface area (Å²) in [6.45, 7) is 4.60. The average molecular weight is 424 g/mol. The summed E-state index contributed by atoms with van der Waals surface area (Å²) in [7, 11) is -0.120. The lowest BCUT2D eigenvalue weighted by atomic mass is 9.99. The molecule has 0 rings (SSSR count). The van der Waals surface area contributed by atoms with E-state index in [9.17, 15) is 0 Å². The molecule has 28 heavy (non-hydrogen) atoms. The fourth-order valence-electron chi connectivity index (χ4n) is 3.51. The van der Waals surface area contributed by atoms with Crippen molar-refractivity contribution in [2.24, 2.45) is 0 Å². The predicted molar refractivity (Wildman–Crippen MR) is 121 cm³/mol. The van der Waals surface area contributed by atoms with Crippen LogP contribution in [0.25, 0.3) is 0 Å². The van der Waals surface area contributed by atoms with Crippen molar-refractivity contribution < 1.29 is 17.5 Å². The van der Waals surface area contributed by atoms with Gasteiger partial charge in [0.1, 0.15) is 0 Å². The van der Waals surface area contributed by atoms with E-state index in [1.807, 2.05) is 0 Å². The lowest BCUT2D eigenvalue weighted by Gasteiger charge is -2.24. The van der Waals surface area contributed by atoms with Crippen molar-refractivity contribution in [3.63, 3.8) is 0 Å². The maximum atomic E-state index is 8.74. The zero-order chi connectivity index (χ0) is 21.7. The van der Waals surface area contributed by atoms with Gasteiger partial charge in [-0.2, -0.15) is 8.42 Å². The van der Waals surface area contributed by atoms with Gasteiger partial charge in [-0.05, 0) is 26.9 Å². The van der Waals surface area contributed by atoms with Crippen molar-refractivity contribution in [2.75, 3.05) is 14.1 Å². The number of hydrogen-bond donors (Lipinski definition) is 2. The molecule has 0 aliphatic heterocycles. The van der Waals surface area contributed by atoms with E-state index in [1.54, 1.807) is 0 Å². The summed E-state index contributed by atoms with van der Waals surface area (Å²) < 4.78 is 31.6. The molecule has 0 aliphatic carbocycles. The summed E-state index contributed by atoms with van der Waals surface area (Å²) in [5, 5.41) is 0. The Labute approximate surface area is 176 Å². The normalized spacial score (nSPS) is 12.7. The Morgan fingerprint density at radius 3 is 1.11 bits per heavy atom. The second-order valence-corrected chi connectivity index (χ2v) is 9.13. The molecule has 5 nitrogen and oxygen atoms in total. The molecule has 0 fully saturated rings. The van der Waals surface area contributed by atoms with E-state index in [-0.39, 0.29) is 0 Å². The minimum absolute atomic E-state index is 0.825. The molecule has 0 heterocycles. The van der Waals surface area contributed by atoms with Gasteiger partial charge in [0.15, 0.2) is 0 Å². The summed E-state index contributed by atoms with van der Waals surface area (Å²) in [6, 6.07) is 0.825. The Balaban J connectivity index is 0. The zero-order valence-corrected chi connectivity index (χ0v) is 20.0. The van der Waals surface area contributed by atoms with Crippen molar-refractivity contribution in [1.82, 2.24) is 4.90 Å². The number of nitrogens with zero attached hydrogens (tertiary/aromatic N) is 1. The maximum Gasteiger partial charge on any atom is 0.394 e. The molecule has 0 amide bonds. The van der Waals surface area contributed by atoms with Crippen molar-refractivity contribution >= 4 is 10.4 Å². The van der Waals surface area contributed by atoms with E-state index < -0.39 is 10.4 Å². The molecular weight excluding hydrogens is 374 g/mol. The highest BCUT2D eigenvalue weighted by Gasteiger charge is 2.10. The number of rotatable bonds is 18. The molecule has 0 aliphatic rings. The molecule has 0 aromatic heterocycles. The van der Waals surface area contributed by atoms with E-state index in [0.29, 0.717) is 0 Å². The first-order valence-corrected chi connectivity index (χ1v) is 13.0. The second kappa shape index (κ2) is 21.5. The SMILES string of the molecule is CCCCCCCCCCCC(CCCCCCCC)N(C)C.O=S(=O)(O)O. The van der Waals surface area contributed by atoms with E-state index >= 15 is 0 Å². The van der Waals surface area contributed by atoms with Crippen LogP contribution in [-0.4, -0.2) is 42.6 Å². The van der Waals surface area contributed by atoms with E-state index in [4.69, 9.17) is 17.5 Å². The van der Waals surface area contributed by atoms with Gasteiger partial charge in [-0.3, -0.25) is 9.11 Å². The topological polar surface area (TPSA) is 77.8 Å². The Morgan fingerprint density at radius 2 is 0.857 bits per heavy atom.